The van der Waals surface area contributed by atoms with Gasteiger partial charge in [0.05, 0.1) is 5.02 Å². The molecule has 2 N–H and O–H groups in total. The smallest absolute Gasteiger partial charge is 0.126 e. The van der Waals surface area contributed by atoms with Crippen LogP contribution in [-0.4, -0.2) is 17.6 Å². The molecule has 0 saturated heterocycles. The molecule has 174 valence electrons. The zero-order valence-electron chi connectivity index (χ0n) is 20.6. The quantitative estimate of drug-likeness (QED) is 0.370. The van der Waals surface area contributed by atoms with Gasteiger partial charge in [0.1, 0.15) is 5.82 Å². The van der Waals surface area contributed by atoms with E-state index in [-0.39, 0.29) is 0 Å². The number of hydrogen-bond donors (Lipinski definition) is 2. The molecule has 33 heavy (non-hydrogen) atoms. The van der Waals surface area contributed by atoms with Crippen molar-refractivity contribution in [1.29, 1.82) is 0 Å². The fourth-order valence-electron chi connectivity index (χ4n) is 4.88. The van der Waals surface area contributed by atoms with Gasteiger partial charge in [-0.2, -0.15) is 0 Å². The van der Waals surface area contributed by atoms with Crippen LogP contribution in [0.4, 0.5) is 11.5 Å². The third kappa shape index (κ3) is 5.19. The van der Waals surface area contributed by atoms with Crippen molar-refractivity contribution in [2.45, 2.75) is 66.3 Å². The molecule has 4 rings (SSSR count). The summed E-state index contributed by atoms with van der Waals surface area (Å²) in [6.07, 6.45) is 7.06. The van der Waals surface area contributed by atoms with Gasteiger partial charge in [0.15, 0.2) is 0 Å². The van der Waals surface area contributed by atoms with E-state index in [1.54, 1.807) is 0 Å². The van der Waals surface area contributed by atoms with Crippen LogP contribution in [0.2, 0.25) is 5.02 Å². The highest BCUT2D eigenvalue weighted by Gasteiger charge is 2.19. The normalized spacial score (nSPS) is 14.2. The molecular formula is C29H36ClN3. The minimum absolute atomic E-state index is 0.560. The van der Waals surface area contributed by atoms with E-state index >= 15 is 0 Å². The standard InChI is InChI=1S/C29H36ClN3/c1-18(2)16-31-24-13-10-22(11-14-24)27-19(3)20(4)28(29(30)21(27)5)23-12-15-26(32-17-23)33-25-8-6-7-9-25/h10-15,17-18,25,31H,6-9,16H2,1-5H3,(H,32,33). The third-order valence-corrected chi connectivity index (χ3v) is 7.36. The Kier molecular flexibility index (Phi) is 7.29. The molecule has 1 saturated carbocycles. The van der Waals surface area contributed by atoms with Crippen LogP contribution in [0.15, 0.2) is 42.6 Å². The van der Waals surface area contributed by atoms with Crippen molar-refractivity contribution in [1.82, 2.24) is 4.98 Å². The first-order valence-corrected chi connectivity index (χ1v) is 12.6. The largest absolute Gasteiger partial charge is 0.385 e. The number of nitrogens with one attached hydrogen (secondary N) is 2. The Morgan fingerprint density at radius 2 is 1.52 bits per heavy atom. The van der Waals surface area contributed by atoms with Gasteiger partial charge in [0.25, 0.3) is 0 Å². The second-order valence-electron chi connectivity index (χ2n) is 9.85. The van der Waals surface area contributed by atoms with Crippen LogP contribution < -0.4 is 10.6 Å². The third-order valence-electron chi connectivity index (χ3n) is 6.88. The number of anilines is 2. The summed E-state index contributed by atoms with van der Waals surface area (Å²) in [6, 6.07) is 13.5. The van der Waals surface area contributed by atoms with Crippen LogP contribution in [0.5, 0.6) is 0 Å². The van der Waals surface area contributed by atoms with E-state index in [4.69, 9.17) is 16.6 Å². The van der Waals surface area contributed by atoms with Gasteiger partial charge in [-0.05, 0) is 91.6 Å². The minimum atomic E-state index is 0.560. The summed E-state index contributed by atoms with van der Waals surface area (Å²) in [5.74, 6) is 1.57. The van der Waals surface area contributed by atoms with Crippen molar-refractivity contribution in [3.8, 4) is 22.3 Å². The van der Waals surface area contributed by atoms with E-state index in [0.29, 0.717) is 12.0 Å². The molecule has 1 heterocycles. The number of benzene rings is 2. The summed E-state index contributed by atoms with van der Waals surface area (Å²) < 4.78 is 0. The van der Waals surface area contributed by atoms with Gasteiger partial charge in [0.2, 0.25) is 0 Å². The maximum atomic E-state index is 7.00. The number of aromatic nitrogens is 1. The van der Waals surface area contributed by atoms with E-state index in [0.717, 1.165) is 39.8 Å². The van der Waals surface area contributed by atoms with Crippen LogP contribution in [-0.2, 0) is 0 Å². The van der Waals surface area contributed by atoms with Crippen molar-refractivity contribution >= 4 is 23.1 Å². The van der Waals surface area contributed by atoms with Crippen LogP contribution >= 0.6 is 11.6 Å². The molecule has 4 heteroatoms. The highest BCUT2D eigenvalue weighted by molar-refractivity contribution is 6.35. The van der Waals surface area contributed by atoms with E-state index in [9.17, 15) is 0 Å². The summed E-state index contributed by atoms with van der Waals surface area (Å²) >= 11 is 7.00. The predicted octanol–water partition coefficient (Wildman–Crippen LogP) is 8.42. The van der Waals surface area contributed by atoms with Gasteiger partial charge in [-0.25, -0.2) is 4.98 Å². The maximum Gasteiger partial charge on any atom is 0.126 e. The lowest BCUT2D eigenvalue weighted by atomic mass is 9.87. The van der Waals surface area contributed by atoms with E-state index in [1.807, 2.05) is 6.20 Å². The van der Waals surface area contributed by atoms with Gasteiger partial charge >= 0.3 is 0 Å². The average Bonchev–Trinajstić information content (AvgIpc) is 3.32. The Morgan fingerprint density at radius 3 is 2.12 bits per heavy atom. The van der Waals surface area contributed by atoms with Crippen LogP contribution in [0.3, 0.4) is 0 Å². The summed E-state index contributed by atoms with van der Waals surface area (Å²) in [4.78, 5) is 4.70. The molecule has 1 aliphatic rings. The van der Waals surface area contributed by atoms with Crippen LogP contribution in [0.25, 0.3) is 22.3 Å². The molecule has 0 aliphatic heterocycles. The molecule has 0 radical (unpaired) electrons. The topological polar surface area (TPSA) is 37.0 Å². The summed E-state index contributed by atoms with van der Waals surface area (Å²) in [5, 5.41) is 7.88. The van der Waals surface area contributed by atoms with E-state index < -0.39 is 0 Å². The SMILES string of the molecule is Cc1c(C)c(-c2ccc(NC3CCCC3)nc2)c(Cl)c(C)c1-c1ccc(NCC(C)C)cc1. The monoisotopic (exact) mass is 461 g/mol. The molecular weight excluding hydrogens is 426 g/mol. The molecule has 0 atom stereocenters. The molecule has 1 aliphatic carbocycles. The molecule has 0 amide bonds. The Balaban J connectivity index is 1.63. The van der Waals surface area contributed by atoms with Crippen molar-refractivity contribution in [3.63, 3.8) is 0 Å². The molecule has 3 nitrogen and oxygen atoms in total. The number of halogens is 1. The molecule has 3 aromatic rings. The van der Waals surface area contributed by atoms with Crippen molar-refractivity contribution in [2.75, 3.05) is 17.2 Å². The first-order valence-electron chi connectivity index (χ1n) is 12.2. The Labute approximate surface area is 204 Å². The van der Waals surface area contributed by atoms with Gasteiger partial charge < -0.3 is 10.6 Å². The Morgan fingerprint density at radius 1 is 0.879 bits per heavy atom. The van der Waals surface area contributed by atoms with Gasteiger partial charge in [-0.1, -0.05) is 50.4 Å². The second-order valence-corrected chi connectivity index (χ2v) is 10.2. The molecule has 1 fully saturated rings. The highest BCUT2D eigenvalue weighted by atomic mass is 35.5. The van der Waals surface area contributed by atoms with Crippen LogP contribution in [0.1, 0.15) is 56.2 Å². The van der Waals surface area contributed by atoms with Gasteiger partial charge in [0, 0.05) is 35.6 Å². The summed E-state index contributed by atoms with van der Waals surface area (Å²) in [5.41, 5.74) is 9.33. The maximum absolute atomic E-state index is 7.00. The lowest BCUT2D eigenvalue weighted by molar-refractivity contribution is 0.689. The number of hydrogen-bond acceptors (Lipinski definition) is 3. The Bertz CT molecular complexity index is 1070. The molecule has 1 aromatic heterocycles. The number of rotatable bonds is 7. The van der Waals surface area contributed by atoms with Crippen molar-refractivity contribution < 1.29 is 0 Å². The fraction of sp³-hybridized carbons (Fsp3) is 0.414. The van der Waals surface area contributed by atoms with Crippen molar-refractivity contribution in [2.24, 2.45) is 5.92 Å². The first kappa shape index (κ1) is 23.6. The van der Waals surface area contributed by atoms with E-state index in [1.165, 1.54) is 47.9 Å². The fourth-order valence-corrected chi connectivity index (χ4v) is 5.22. The van der Waals surface area contributed by atoms with Crippen molar-refractivity contribution in [3.05, 3.63) is 64.3 Å². The zero-order chi connectivity index (χ0) is 23.5. The highest BCUT2D eigenvalue weighted by Crippen LogP contribution is 2.42. The summed E-state index contributed by atoms with van der Waals surface area (Å²) in [7, 11) is 0. The minimum Gasteiger partial charge on any atom is -0.385 e. The van der Waals surface area contributed by atoms with Crippen LogP contribution in [0, 0.1) is 26.7 Å². The first-order chi connectivity index (χ1) is 15.8. The van der Waals surface area contributed by atoms with Gasteiger partial charge in [-0.3, -0.25) is 0 Å². The Hall–Kier alpha value is -2.52. The zero-order valence-corrected chi connectivity index (χ0v) is 21.3. The lowest BCUT2D eigenvalue weighted by Gasteiger charge is -2.20. The summed E-state index contributed by atoms with van der Waals surface area (Å²) in [6.45, 7) is 11.9. The predicted molar refractivity (Wildman–Crippen MR) is 144 cm³/mol. The average molecular weight is 462 g/mol. The van der Waals surface area contributed by atoms with E-state index in [2.05, 4.69) is 81.7 Å². The second kappa shape index (κ2) is 10.2. The molecule has 0 unspecified atom stereocenters. The van der Waals surface area contributed by atoms with Gasteiger partial charge in [-0.15, -0.1) is 0 Å². The molecule has 0 spiro atoms. The number of pyridine rings is 1. The molecule has 0 bridgehead atoms. The lowest BCUT2D eigenvalue weighted by Crippen LogP contribution is -2.15. The molecule has 2 aromatic carbocycles. The number of nitrogens with zero attached hydrogens (tertiary/aromatic N) is 1.